The molecule has 0 amide bonds. The van der Waals surface area contributed by atoms with Gasteiger partial charge in [0.15, 0.2) is 0 Å². The van der Waals surface area contributed by atoms with Crippen LogP contribution in [0.2, 0.25) is 0 Å². The van der Waals surface area contributed by atoms with Crippen LogP contribution in [0.1, 0.15) is 39.5 Å². The van der Waals surface area contributed by atoms with Crippen molar-refractivity contribution in [2.75, 3.05) is 0 Å². The highest BCUT2D eigenvalue weighted by atomic mass is 31.2. The Bertz CT molecular complexity index is 240. The van der Waals surface area contributed by atoms with E-state index in [-0.39, 0.29) is 12.8 Å². The molecule has 0 rings (SSSR count). The molecule has 0 aliphatic rings. The summed E-state index contributed by atoms with van der Waals surface area (Å²) in [4.78, 5) is 28.7. The van der Waals surface area contributed by atoms with Gasteiger partial charge in [-0.25, -0.2) is 0 Å². The van der Waals surface area contributed by atoms with Crippen molar-refractivity contribution >= 4 is 13.6 Å². The molecule has 6 heteroatoms. The topological polar surface area (TPSA) is 94.8 Å². The first-order valence-electron chi connectivity index (χ1n) is 4.56. The van der Waals surface area contributed by atoms with E-state index in [0.29, 0.717) is 12.8 Å². The second kappa shape index (κ2) is 4.91. The van der Waals surface area contributed by atoms with Gasteiger partial charge in [-0.15, -0.1) is 0 Å². The molecule has 0 unspecified atom stereocenters. The number of aliphatic carboxylic acids is 1. The fraction of sp³-hybridized carbons (Fsp3) is 0.875. The number of carboxylic acid groups (broad SMARTS) is 1. The lowest BCUT2D eigenvalue weighted by atomic mass is 9.96. The predicted octanol–water partition coefficient (Wildman–Crippen LogP) is 1.59. The van der Waals surface area contributed by atoms with Gasteiger partial charge in [0.2, 0.25) is 0 Å². The Morgan fingerprint density at radius 2 is 1.71 bits per heavy atom. The molecule has 0 saturated carbocycles. The van der Waals surface area contributed by atoms with E-state index in [0.717, 1.165) is 0 Å². The minimum atomic E-state index is -4.23. The summed E-state index contributed by atoms with van der Waals surface area (Å²) in [6.07, 6.45) is 0.411. The van der Waals surface area contributed by atoms with Crippen molar-refractivity contribution in [3.63, 3.8) is 0 Å². The van der Waals surface area contributed by atoms with Crippen LogP contribution in [-0.2, 0) is 9.36 Å². The summed E-state index contributed by atoms with van der Waals surface area (Å²) in [6.45, 7) is 3.34. The molecule has 0 aromatic heterocycles. The maximum atomic E-state index is 11.2. The molecule has 0 aromatic carbocycles. The average Bonchev–Trinajstić information content (AvgIpc) is 2.04. The van der Waals surface area contributed by atoms with Crippen LogP contribution in [0.25, 0.3) is 0 Å². The Labute approximate surface area is 83.3 Å². The first kappa shape index (κ1) is 13.6. The Balaban J connectivity index is 4.72. The molecule has 0 aromatic rings. The zero-order chi connectivity index (χ0) is 11.4. The van der Waals surface area contributed by atoms with Gasteiger partial charge in [0.05, 0.1) is 5.16 Å². The monoisotopic (exact) mass is 224 g/mol. The van der Waals surface area contributed by atoms with Gasteiger partial charge in [-0.2, -0.15) is 0 Å². The van der Waals surface area contributed by atoms with Crippen LogP contribution in [0.15, 0.2) is 0 Å². The van der Waals surface area contributed by atoms with Crippen LogP contribution in [-0.4, -0.2) is 26.0 Å². The van der Waals surface area contributed by atoms with E-state index in [1.807, 2.05) is 0 Å². The fourth-order valence-electron chi connectivity index (χ4n) is 1.50. The molecule has 3 N–H and O–H groups in total. The lowest BCUT2D eigenvalue weighted by molar-refractivity contribution is -0.137. The normalized spacial score (nSPS) is 12.9. The summed E-state index contributed by atoms with van der Waals surface area (Å²) < 4.78 is 11.2. The standard InChI is InChI=1S/C8H17O5P/c1-3-8(4-2,14(11,12)13)6-5-7(9)10/h3-6H2,1-2H3,(H,9,10)(H2,11,12,13). The Morgan fingerprint density at radius 3 is 1.93 bits per heavy atom. The summed E-state index contributed by atoms with van der Waals surface area (Å²) >= 11 is 0. The van der Waals surface area contributed by atoms with E-state index < -0.39 is 18.7 Å². The third kappa shape index (κ3) is 3.08. The van der Waals surface area contributed by atoms with Crippen LogP contribution in [0.5, 0.6) is 0 Å². The Morgan fingerprint density at radius 1 is 1.29 bits per heavy atom. The highest BCUT2D eigenvalue weighted by Gasteiger charge is 2.43. The molecule has 0 fully saturated rings. The van der Waals surface area contributed by atoms with Crippen LogP contribution in [0.4, 0.5) is 0 Å². The lowest BCUT2D eigenvalue weighted by Gasteiger charge is -2.31. The molecule has 14 heavy (non-hydrogen) atoms. The Hall–Kier alpha value is -0.380. The van der Waals surface area contributed by atoms with E-state index in [1.54, 1.807) is 13.8 Å². The molecule has 0 spiro atoms. The molecule has 0 radical (unpaired) electrons. The number of rotatable bonds is 6. The number of hydrogen-bond acceptors (Lipinski definition) is 2. The van der Waals surface area contributed by atoms with E-state index in [1.165, 1.54) is 0 Å². The van der Waals surface area contributed by atoms with Gasteiger partial charge in [0.25, 0.3) is 0 Å². The third-order valence-corrected chi connectivity index (χ3v) is 4.83. The second-order valence-electron chi connectivity index (χ2n) is 3.37. The molecule has 0 aliphatic heterocycles. The molecular weight excluding hydrogens is 207 g/mol. The molecule has 0 heterocycles. The van der Waals surface area contributed by atoms with Crippen molar-refractivity contribution in [1.29, 1.82) is 0 Å². The summed E-state index contributed by atoms with van der Waals surface area (Å²) in [5.74, 6) is -1.02. The minimum absolute atomic E-state index is 0.0274. The summed E-state index contributed by atoms with van der Waals surface area (Å²) in [5.41, 5.74) is 0. The van der Waals surface area contributed by atoms with Gasteiger partial charge >= 0.3 is 13.6 Å². The zero-order valence-corrected chi connectivity index (χ0v) is 9.33. The second-order valence-corrected chi connectivity index (χ2v) is 5.41. The van der Waals surface area contributed by atoms with Crippen LogP contribution in [0, 0.1) is 0 Å². The van der Waals surface area contributed by atoms with E-state index in [2.05, 4.69) is 0 Å². The first-order valence-corrected chi connectivity index (χ1v) is 6.17. The van der Waals surface area contributed by atoms with Crippen molar-refractivity contribution in [3.8, 4) is 0 Å². The van der Waals surface area contributed by atoms with E-state index >= 15 is 0 Å². The van der Waals surface area contributed by atoms with Gasteiger partial charge in [0, 0.05) is 6.42 Å². The van der Waals surface area contributed by atoms with Gasteiger partial charge in [-0.1, -0.05) is 13.8 Å². The molecule has 0 bridgehead atoms. The molecule has 5 nitrogen and oxygen atoms in total. The van der Waals surface area contributed by atoms with Gasteiger partial charge in [0.1, 0.15) is 0 Å². The number of carboxylic acids is 1. The van der Waals surface area contributed by atoms with Gasteiger partial charge in [-0.05, 0) is 19.3 Å². The minimum Gasteiger partial charge on any atom is -0.481 e. The van der Waals surface area contributed by atoms with Crippen molar-refractivity contribution < 1.29 is 24.3 Å². The fourth-order valence-corrected chi connectivity index (χ4v) is 2.73. The van der Waals surface area contributed by atoms with E-state index in [9.17, 15) is 9.36 Å². The third-order valence-electron chi connectivity index (χ3n) is 2.74. The quantitative estimate of drug-likeness (QED) is 0.595. The first-order chi connectivity index (χ1) is 6.29. The van der Waals surface area contributed by atoms with Crippen molar-refractivity contribution in [2.24, 2.45) is 0 Å². The summed E-state index contributed by atoms with van der Waals surface area (Å²) in [6, 6.07) is 0. The van der Waals surface area contributed by atoms with Crippen molar-refractivity contribution in [3.05, 3.63) is 0 Å². The van der Waals surface area contributed by atoms with Gasteiger partial charge in [-0.3, -0.25) is 9.36 Å². The smallest absolute Gasteiger partial charge is 0.331 e. The largest absolute Gasteiger partial charge is 0.481 e. The number of hydrogen-bond donors (Lipinski definition) is 3. The molecular formula is C8H17O5P. The predicted molar refractivity (Wildman–Crippen MR) is 52.2 cm³/mol. The highest BCUT2D eigenvalue weighted by molar-refractivity contribution is 7.53. The van der Waals surface area contributed by atoms with Crippen LogP contribution < -0.4 is 0 Å². The molecule has 84 valence electrons. The molecule has 0 aliphatic carbocycles. The van der Waals surface area contributed by atoms with Gasteiger partial charge < -0.3 is 14.9 Å². The SMILES string of the molecule is CCC(CC)(CCC(=O)O)P(=O)(O)O. The maximum Gasteiger partial charge on any atom is 0.331 e. The van der Waals surface area contributed by atoms with Crippen molar-refractivity contribution in [1.82, 2.24) is 0 Å². The van der Waals surface area contributed by atoms with E-state index in [4.69, 9.17) is 14.9 Å². The highest BCUT2D eigenvalue weighted by Crippen LogP contribution is 2.56. The average molecular weight is 224 g/mol. The maximum absolute atomic E-state index is 11.2. The lowest BCUT2D eigenvalue weighted by Crippen LogP contribution is -2.28. The van der Waals surface area contributed by atoms with Crippen LogP contribution >= 0.6 is 7.60 Å². The summed E-state index contributed by atoms with van der Waals surface area (Å²) in [5, 5.41) is 7.32. The molecule has 0 saturated heterocycles. The number of carbonyl (C=O) groups is 1. The Kier molecular flexibility index (Phi) is 4.78. The molecule has 0 atom stereocenters. The van der Waals surface area contributed by atoms with Crippen LogP contribution in [0.3, 0.4) is 0 Å². The summed E-state index contributed by atoms with van der Waals surface area (Å²) in [7, 11) is -4.23. The van der Waals surface area contributed by atoms with Crippen molar-refractivity contribution in [2.45, 2.75) is 44.7 Å². The zero-order valence-electron chi connectivity index (χ0n) is 8.43.